The lowest BCUT2D eigenvalue weighted by Crippen LogP contribution is -2.54. The average Bonchev–Trinajstić information content (AvgIpc) is 2.34. The average molecular weight is 155 g/mol. The van der Waals surface area contributed by atoms with Gasteiger partial charge in [-0.25, -0.2) is 5.43 Å². The van der Waals surface area contributed by atoms with Gasteiger partial charge in [-0.15, -0.1) is 0 Å². The van der Waals surface area contributed by atoms with Crippen LogP contribution in [-0.2, 0) is 4.79 Å². The van der Waals surface area contributed by atoms with Crippen molar-refractivity contribution in [3.05, 3.63) is 0 Å². The molecule has 2 rings (SSSR count). The number of carbonyl (C=O) groups excluding carboxylic acids is 1. The minimum atomic E-state index is 0.0231. The maximum absolute atomic E-state index is 10.9. The Labute approximate surface area is 65.7 Å². The second-order valence-corrected chi connectivity index (χ2v) is 3.41. The van der Waals surface area contributed by atoms with Gasteiger partial charge in [0.05, 0.1) is 5.54 Å². The molecule has 1 amide bonds. The molecule has 0 aromatic heterocycles. The van der Waals surface area contributed by atoms with Gasteiger partial charge in [-0.3, -0.25) is 10.2 Å². The smallest absolute Gasteiger partial charge is 0.236 e. The summed E-state index contributed by atoms with van der Waals surface area (Å²) in [5.74, 6) is 0.119. The molecule has 62 valence electrons. The van der Waals surface area contributed by atoms with Crippen molar-refractivity contribution >= 4 is 5.91 Å². The van der Waals surface area contributed by atoms with E-state index < -0.39 is 0 Å². The van der Waals surface area contributed by atoms with Crippen LogP contribution >= 0.6 is 0 Å². The first-order chi connectivity index (χ1) is 5.31. The van der Waals surface area contributed by atoms with Crippen molar-refractivity contribution < 1.29 is 4.79 Å². The molecule has 2 fully saturated rings. The second kappa shape index (κ2) is 2.46. The van der Waals surface area contributed by atoms with Gasteiger partial charge in [0, 0.05) is 13.0 Å². The first kappa shape index (κ1) is 7.06. The van der Waals surface area contributed by atoms with Gasteiger partial charge in [0.25, 0.3) is 0 Å². The largest absolute Gasteiger partial charge is 0.315 e. The van der Waals surface area contributed by atoms with Gasteiger partial charge >= 0.3 is 0 Å². The van der Waals surface area contributed by atoms with Crippen molar-refractivity contribution in [3.63, 3.8) is 0 Å². The maximum atomic E-state index is 10.9. The summed E-state index contributed by atoms with van der Waals surface area (Å²) < 4.78 is 0. The van der Waals surface area contributed by atoms with Crippen LogP contribution in [0.5, 0.6) is 0 Å². The summed E-state index contributed by atoms with van der Waals surface area (Å²) in [6.07, 6.45) is 2.88. The third kappa shape index (κ3) is 1.23. The van der Waals surface area contributed by atoms with Crippen LogP contribution in [0.4, 0.5) is 0 Å². The van der Waals surface area contributed by atoms with Gasteiger partial charge in [0.15, 0.2) is 0 Å². The number of nitrogens with one attached hydrogen (secondary N) is 3. The van der Waals surface area contributed by atoms with Crippen LogP contribution in [0.15, 0.2) is 0 Å². The Bertz CT molecular complexity index is 175. The number of amides is 1. The topological polar surface area (TPSA) is 53.2 Å². The molecule has 3 N–H and O–H groups in total. The lowest BCUT2D eigenvalue weighted by molar-refractivity contribution is -0.119. The molecule has 2 saturated heterocycles. The lowest BCUT2D eigenvalue weighted by Gasteiger charge is -2.32. The Hall–Kier alpha value is -0.610. The third-order valence-electron chi connectivity index (χ3n) is 2.44. The van der Waals surface area contributed by atoms with Gasteiger partial charge in [-0.2, -0.15) is 0 Å². The Morgan fingerprint density at radius 3 is 2.91 bits per heavy atom. The molecule has 2 heterocycles. The fraction of sp³-hybridized carbons (Fsp3) is 0.857. The summed E-state index contributed by atoms with van der Waals surface area (Å²) in [5, 5.41) is 3.28. The highest BCUT2D eigenvalue weighted by Gasteiger charge is 2.38. The summed E-state index contributed by atoms with van der Waals surface area (Å²) in [7, 11) is 0. The SMILES string of the molecule is O=C1CC2(CCCNC2)NN1. The summed E-state index contributed by atoms with van der Waals surface area (Å²) >= 11 is 0. The summed E-state index contributed by atoms with van der Waals surface area (Å²) in [4.78, 5) is 10.9. The predicted molar refractivity (Wildman–Crippen MR) is 40.7 cm³/mol. The number of rotatable bonds is 0. The van der Waals surface area contributed by atoms with Crippen LogP contribution in [0.2, 0.25) is 0 Å². The van der Waals surface area contributed by atoms with Gasteiger partial charge in [-0.05, 0) is 19.4 Å². The van der Waals surface area contributed by atoms with Crippen molar-refractivity contribution in [1.29, 1.82) is 0 Å². The molecular weight excluding hydrogens is 142 g/mol. The van der Waals surface area contributed by atoms with Crippen molar-refractivity contribution in [2.24, 2.45) is 0 Å². The zero-order chi connectivity index (χ0) is 7.73. The van der Waals surface area contributed by atoms with E-state index in [2.05, 4.69) is 16.2 Å². The highest BCUT2D eigenvalue weighted by atomic mass is 16.2. The standard InChI is InChI=1S/C7H13N3O/c11-6-4-7(10-9-6)2-1-3-8-5-7/h8,10H,1-5H2,(H,9,11). The predicted octanol–water partition coefficient (Wildman–Crippen LogP) is -0.867. The van der Waals surface area contributed by atoms with Gasteiger partial charge in [0.2, 0.25) is 5.91 Å². The molecule has 1 atom stereocenters. The molecule has 0 radical (unpaired) electrons. The highest BCUT2D eigenvalue weighted by molar-refractivity contribution is 5.79. The van der Waals surface area contributed by atoms with E-state index in [1.807, 2.05) is 0 Å². The zero-order valence-electron chi connectivity index (χ0n) is 6.44. The normalized spacial score (nSPS) is 37.6. The zero-order valence-corrected chi connectivity index (χ0v) is 6.44. The molecule has 1 unspecified atom stereocenters. The Kier molecular flexibility index (Phi) is 1.58. The van der Waals surface area contributed by atoms with Crippen LogP contribution < -0.4 is 16.2 Å². The maximum Gasteiger partial charge on any atom is 0.236 e. The lowest BCUT2D eigenvalue weighted by atomic mass is 9.89. The summed E-state index contributed by atoms with van der Waals surface area (Å²) in [6, 6.07) is 0. The van der Waals surface area contributed by atoms with E-state index in [-0.39, 0.29) is 11.4 Å². The number of hydrogen-bond donors (Lipinski definition) is 3. The minimum Gasteiger partial charge on any atom is -0.315 e. The second-order valence-electron chi connectivity index (χ2n) is 3.41. The van der Waals surface area contributed by atoms with Crippen LogP contribution in [-0.4, -0.2) is 24.5 Å². The Morgan fingerprint density at radius 1 is 1.45 bits per heavy atom. The van der Waals surface area contributed by atoms with Crippen LogP contribution in [0.1, 0.15) is 19.3 Å². The van der Waals surface area contributed by atoms with E-state index in [9.17, 15) is 4.79 Å². The fourth-order valence-electron chi connectivity index (χ4n) is 1.82. The Morgan fingerprint density at radius 2 is 2.36 bits per heavy atom. The molecule has 2 aliphatic heterocycles. The van der Waals surface area contributed by atoms with Crippen molar-refractivity contribution in [3.8, 4) is 0 Å². The first-order valence-electron chi connectivity index (χ1n) is 4.08. The van der Waals surface area contributed by atoms with Crippen molar-refractivity contribution in [2.45, 2.75) is 24.8 Å². The van der Waals surface area contributed by atoms with E-state index >= 15 is 0 Å². The van der Waals surface area contributed by atoms with Gasteiger partial charge < -0.3 is 5.32 Å². The van der Waals surface area contributed by atoms with E-state index in [0.717, 1.165) is 25.9 Å². The molecule has 0 aromatic rings. The molecule has 0 aliphatic carbocycles. The number of piperidine rings is 1. The fourth-order valence-corrected chi connectivity index (χ4v) is 1.82. The molecule has 2 aliphatic rings. The van der Waals surface area contributed by atoms with Gasteiger partial charge in [-0.1, -0.05) is 0 Å². The van der Waals surface area contributed by atoms with E-state index in [4.69, 9.17) is 0 Å². The minimum absolute atomic E-state index is 0.0231. The van der Waals surface area contributed by atoms with Crippen molar-refractivity contribution in [2.75, 3.05) is 13.1 Å². The van der Waals surface area contributed by atoms with Gasteiger partial charge in [0.1, 0.15) is 0 Å². The summed E-state index contributed by atoms with van der Waals surface area (Å²) in [6.45, 7) is 1.99. The van der Waals surface area contributed by atoms with Crippen LogP contribution in [0.25, 0.3) is 0 Å². The molecule has 4 nitrogen and oxygen atoms in total. The first-order valence-corrected chi connectivity index (χ1v) is 4.08. The summed E-state index contributed by atoms with van der Waals surface area (Å²) in [5.41, 5.74) is 5.73. The quantitative estimate of drug-likeness (QED) is 0.426. The van der Waals surface area contributed by atoms with E-state index in [0.29, 0.717) is 6.42 Å². The molecule has 1 spiro atoms. The monoisotopic (exact) mass is 155 g/mol. The van der Waals surface area contributed by atoms with E-state index in [1.54, 1.807) is 0 Å². The number of hydrazine groups is 1. The molecule has 0 saturated carbocycles. The van der Waals surface area contributed by atoms with Crippen molar-refractivity contribution in [1.82, 2.24) is 16.2 Å². The highest BCUT2D eigenvalue weighted by Crippen LogP contribution is 2.22. The van der Waals surface area contributed by atoms with Crippen LogP contribution in [0.3, 0.4) is 0 Å². The van der Waals surface area contributed by atoms with Crippen LogP contribution in [0, 0.1) is 0 Å². The molecule has 0 bridgehead atoms. The third-order valence-corrected chi connectivity index (χ3v) is 2.44. The Balaban J connectivity index is 2.03. The molecule has 11 heavy (non-hydrogen) atoms. The van der Waals surface area contributed by atoms with E-state index in [1.165, 1.54) is 0 Å². The number of hydrogen-bond acceptors (Lipinski definition) is 3. The molecular formula is C7H13N3O. The number of carbonyl (C=O) groups is 1. The molecule has 4 heteroatoms. The molecule has 0 aromatic carbocycles.